The summed E-state index contributed by atoms with van der Waals surface area (Å²) in [6.45, 7) is 0. The van der Waals surface area contributed by atoms with Crippen molar-refractivity contribution in [1.82, 2.24) is 4.98 Å². The van der Waals surface area contributed by atoms with Crippen LogP contribution >= 0.6 is 11.6 Å². The normalized spacial score (nSPS) is 10.2. The second kappa shape index (κ2) is 5.80. The first-order valence-electron chi connectivity index (χ1n) is 5.81. The van der Waals surface area contributed by atoms with Crippen molar-refractivity contribution >= 4 is 29.4 Å². The zero-order valence-electron chi connectivity index (χ0n) is 11.0. The maximum absolute atomic E-state index is 11.6. The summed E-state index contributed by atoms with van der Waals surface area (Å²) in [6.07, 6.45) is 1.34. The molecule has 6 nitrogen and oxygen atoms in total. The smallest absolute Gasteiger partial charge is 0.339 e. The SMILES string of the molecule is COC(=O)c1cc(-c2cnc(N)cc2C(=O)O)ccc1Cl. The molecule has 0 saturated heterocycles. The van der Waals surface area contributed by atoms with Crippen LogP contribution in [0.15, 0.2) is 30.5 Å². The van der Waals surface area contributed by atoms with Gasteiger partial charge in [0, 0.05) is 11.8 Å². The number of halogens is 1. The molecule has 0 fully saturated rings. The van der Waals surface area contributed by atoms with Crippen LogP contribution in [0, 0.1) is 0 Å². The Morgan fingerprint density at radius 1 is 1.29 bits per heavy atom. The van der Waals surface area contributed by atoms with Gasteiger partial charge in [0.2, 0.25) is 0 Å². The maximum Gasteiger partial charge on any atom is 0.339 e. The second-order valence-electron chi connectivity index (χ2n) is 4.15. The number of rotatable bonds is 3. The highest BCUT2D eigenvalue weighted by Gasteiger charge is 2.17. The van der Waals surface area contributed by atoms with Crippen molar-refractivity contribution in [3.8, 4) is 11.1 Å². The maximum atomic E-state index is 11.6. The van der Waals surface area contributed by atoms with Crippen molar-refractivity contribution in [2.45, 2.75) is 0 Å². The van der Waals surface area contributed by atoms with Gasteiger partial charge < -0.3 is 15.6 Å². The number of carbonyl (C=O) groups is 2. The predicted octanol–water partition coefficient (Wildman–Crippen LogP) is 2.47. The van der Waals surface area contributed by atoms with Crippen LogP contribution in [-0.2, 0) is 4.74 Å². The van der Waals surface area contributed by atoms with Crippen molar-refractivity contribution in [2.24, 2.45) is 0 Å². The average Bonchev–Trinajstić information content (AvgIpc) is 2.47. The van der Waals surface area contributed by atoms with E-state index in [0.29, 0.717) is 11.1 Å². The molecule has 0 bridgehead atoms. The first-order chi connectivity index (χ1) is 9.93. The van der Waals surface area contributed by atoms with Crippen LogP contribution in [0.2, 0.25) is 5.02 Å². The molecule has 2 aromatic rings. The molecule has 2 rings (SSSR count). The summed E-state index contributed by atoms with van der Waals surface area (Å²) < 4.78 is 4.63. The number of aromatic carboxylic acids is 1. The van der Waals surface area contributed by atoms with Crippen LogP contribution in [-0.4, -0.2) is 29.1 Å². The summed E-state index contributed by atoms with van der Waals surface area (Å²) in [7, 11) is 1.23. The van der Waals surface area contributed by atoms with E-state index in [2.05, 4.69) is 9.72 Å². The largest absolute Gasteiger partial charge is 0.478 e. The summed E-state index contributed by atoms with van der Waals surface area (Å²) in [4.78, 5) is 26.8. The van der Waals surface area contributed by atoms with E-state index in [9.17, 15) is 14.7 Å². The molecule has 0 aliphatic rings. The number of pyridine rings is 1. The number of carboxylic acids is 1. The number of hydrogen-bond acceptors (Lipinski definition) is 5. The van der Waals surface area contributed by atoms with Crippen LogP contribution in [0.4, 0.5) is 5.82 Å². The van der Waals surface area contributed by atoms with Gasteiger partial charge in [-0.05, 0) is 23.8 Å². The van der Waals surface area contributed by atoms with Crippen LogP contribution in [0.5, 0.6) is 0 Å². The first kappa shape index (κ1) is 14.8. The predicted molar refractivity (Wildman–Crippen MR) is 77.4 cm³/mol. The van der Waals surface area contributed by atoms with Gasteiger partial charge >= 0.3 is 11.9 Å². The van der Waals surface area contributed by atoms with Gasteiger partial charge in [-0.15, -0.1) is 0 Å². The highest BCUT2D eigenvalue weighted by atomic mass is 35.5. The summed E-state index contributed by atoms with van der Waals surface area (Å²) in [5.74, 6) is -1.66. The zero-order valence-corrected chi connectivity index (χ0v) is 11.7. The number of aromatic nitrogens is 1. The van der Waals surface area contributed by atoms with E-state index in [1.807, 2.05) is 0 Å². The number of nitrogens with zero attached hydrogens (tertiary/aromatic N) is 1. The minimum atomic E-state index is -1.14. The van der Waals surface area contributed by atoms with Crippen molar-refractivity contribution in [2.75, 3.05) is 12.8 Å². The minimum absolute atomic E-state index is 0.0133. The second-order valence-corrected chi connectivity index (χ2v) is 4.55. The Hall–Kier alpha value is -2.60. The third-order valence-electron chi connectivity index (χ3n) is 2.84. The summed E-state index contributed by atoms with van der Waals surface area (Å²) in [5.41, 5.74) is 6.44. The Labute approximate surface area is 125 Å². The standard InChI is InChI=1S/C14H11ClN2O4/c1-21-14(20)9-4-7(2-3-11(9)15)10-6-17-12(16)5-8(10)13(18)19/h2-6H,1H3,(H2,16,17)(H,18,19). The number of esters is 1. The Kier molecular flexibility index (Phi) is 4.09. The number of benzene rings is 1. The van der Waals surface area contributed by atoms with Gasteiger partial charge in [0.25, 0.3) is 0 Å². The number of methoxy groups -OCH3 is 1. The lowest BCUT2D eigenvalue weighted by Crippen LogP contribution is -2.05. The molecule has 7 heteroatoms. The highest BCUT2D eigenvalue weighted by Crippen LogP contribution is 2.28. The van der Waals surface area contributed by atoms with E-state index >= 15 is 0 Å². The quantitative estimate of drug-likeness (QED) is 0.844. The molecule has 1 heterocycles. The molecular formula is C14H11ClN2O4. The van der Waals surface area contributed by atoms with Gasteiger partial charge in [-0.2, -0.15) is 0 Å². The molecule has 3 N–H and O–H groups in total. The Balaban J connectivity index is 2.63. The lowest BCUT2D eigenvalue weighted by atomic mass is 10.00. The number of anilines is 1. The highest BCUT2D eigenvalue weighted by molar-refractivity contribution is 6.33. The van der Waals surface area contributed by atoms with E-state index in [0.717, 1.165) is 0 Å². The van der Waals surface area contributed by atoms with Crippen LogP contribution < -0.4 is 5.73 Å². The molecule has 108 valence electrons. The van der Waals surface area contributed by atoms with Crippen molar-refractivity contribution in [3.05, 3.63) is 46.6 Å². The molecule has 0 aliphatic carbocycles. The summed E-state index contributed by atoms with van der Waals surface area (Å²) >= 11 is 5.93. The number of nitrogens with two attached hydrogens (primary N) is 1. The van der Waals surface area contributed by atoms with Gasteiger partial charge in [-0.1, -0.05) is 17.7 Å². The Bertz CT molecular complexity index is 731. The zero-order chi connectivity index (χ0) is 15.6. The Morgan fingerprint density at radius 2 is 2.00 bits per heavy atom. The molecule has 0 atom stereocenters. The van der Waals surface area contributed by atoms with Gasteiger partial charge in [-0.3, -0.25) is 0 Å². The summed E-state index contributed by atoms with van der Waals surface area (Å²) in [6, 6.07) is 5.79. The number of carbonyl (C=O) groups excluding carboxylic acids is 1. The average molecular weight is 307 g/mol. The van der Waals surface area contributed by atoms with Crippen molar-refractivity contribution < 1.29 is 19.4 Å². The van der Waals surface area contributed by atoms with E-state index in [1.165, 1.54) is 31.5 Å². The molecule has 1 aromatic carbocycles. The molecular weight excluding hydrogens is 296 g/mol. The number of carboxylic acid groups (broad SMARTS) is 1. The molecule has 0 unspecified atom stereocenters. The van der Waals surface area contributed by atoms with E-state index in [4.69, 9.17) is 17.3 Å². The van der Waals surface area contributed by atoms with Gasteiger partial charge in [-0.25, -0.2) is 14.6 Å². The van der Waals surface area contributed by atoms with Gasteiger partial charge in [0.1, 0.15) is 5.82 Å². The van der Waals surface area contributed by atoms with Crippen LogP contribution in [0.25, 0.3) is 11.1 Å². The molecule has 0 aliphatic heterocycles. The molecule has 0 spiro atoms. The van der Waals surface area contributed by atoms with E-state index < -0.39 is 11.9 Å². The van der Waals surface area contributed by atoms with Crippen LogP contribution in [0.1, 0.15) is 20.7 Å². The van der Waals surface area contributed by atoms with E-state index in [1.54, 1.807) is 6.07 Å². The lowest BCUT2D eigenvalue weighted by Gasteiger charge is -2.09. The fourth-order valence-corrected chi connectivity index (χ4v) is 2.03. The lowest BCUT2D eigenvalue weighted by molar-refractivity contribution is 0.0600. The number of hydrogen-bond donors (Lipinski definition) is 2. The van der Waals surface area contributed by atoms with Gasteiger partial charge in [0.15, 0.2) is 0 Å². The Morgan fingerprint density at radius 3 is 2.62 bits per heavy atom. The monoisotopic (exact) mass is 306 g/mol. The molecule has 0 saturated carbocycles. The summed E-state index contributed by atoms with van der Waals surface area (Å²) in [5, 5.41) is 9.44. The fourth-order valence-electron chi connectivity index (χ4n) is 1.84. The molecule has 0 radical (unpaired) electrons. The minimum Gasteiger partial charge on any atom is -0.478 e. The third-order valence-corrected chi connectivity index (χ3v) is 3.17. The number of ether oxygens (including phenoxy) is 1. The number of nitrogen functional groups attached to an aromatic ring is 1. The molecule has 0 amide bonds. The third kappa shape index (κ3) is 2.95. The first-order valence-corrected chi connectivity index (χ1v) is 6.19. The topological polar surface area (TPSA) is 103 Å². The molecule has 1 aromatic heterocycles. The van der Waals surface area contributed by atoms with Crippen molar-refractivity contribution in [1.29, 1.82) is 0 Å². The van der Waals surface area contributed by atoms with E-state index in [-0.39, 0.29) is 22.0 Å². The van der Waals surface area contributed by atoms with Gasteiger partial charge in [0.05, 0.1) is 23.3 Å². The van der Waals surface area contributed by atoms with Crippen LogP contribution in [0.3, 0.4) is 0 Å². The fraction of sp³-hybridized carbons (Fsp3) is 0.0714. The molecule has 21 heavy (non-hydrogen) atoms. The van der Waals surface area contributed by atoms with Crippen molar-refractivity contribution in [3.63, 3.8) is 0 Å².